The minimum Gasteiger partial charge on any atom is -0.207 e. The summed E-state index contributed by atoms with van der Waals surface area (Å²) in [4.78, 5) is 0.0863. The molecule has 0 amide bonds. The highest BCUT2D eigenvalue weighted by Crippen LogP contribution is 2.37. The van der Waals surface area contributed by atoms with E-state index >= 15 is 0 Å². The monoisotopic (exact) mass is 331 g/mol. The fraction of sp³-hybridized carbons (Fsp3) is 0.600. The van der Waals surface area contributed by atoms with Gasteiger partial charge in [-0.15, -0.1) is 0 Å². The Morgan fingerprint density at radius 1 is 1.14 bits per heavy atom. The van der Waals surface area contributed by atoms with E-state index < -0.39 is 15.8 Å². The van der Waals surface area contributed by atoms with Crippen molar-refractivity contribution >= 4 is 21.6 Å². The largest absolute Gasteiger partial charge is 0.243 e. The van der Waals surface area contributed by atoms with Crippen LogP contribution in [-0.4, -0.2) is 25.8 Å². The van der Waals surface area contributed by atoms with Gasteiger partial charge >= 0.3 is 0 Å². The molecule has 1 heterocycles. The number of nitrogens with zero attached hydrogens (tertiary/aromatic N) is 1. The van der Waals surface area contributed by atoms with Crippen molar-refractivity contribution in [2.24, 2.45) is 11.8 Å². The Balaban J connectivity index is 1.83. The van der Waals surface area contributed by atoms with Crippen LogP contribution in [0.25, 0.3) is 0 Å². The van der Waals surface area contributed by atoms with E-state index in [1.807, 2.05) is 0 Å². The highest BCUT2D eigenvalue weighted by Gasteiger charge is 2.36. The van der Waals surface area contributed by atoms with Crippen LogP contribution in [0.15, 0.2) is 23.1 Å². The summed E-state index contributed by atoms with van der Waals surface area (Å²) in [5.41, 5.74) is 0. The van der Waals surface area contributed by atoms with Gasteiger partial charge < -0.3 is 0 Å². The van der Waals surface area contributed by atoms with Crippen molar-refractivity contribution in [3.05, 3.63) is 29.0 Å². The van der Waals surface area contributed by atoms with Gasteiger partial charge in [-0.2, -0.15) is 4.31 Å². The molecule has 0 bridgehead atoms. The lowest BCUT2D eigenvalue weighted by molar-refractivity contribution is 0.136. The lowest BCUT2D eigenvalue weighted by Gasteiger charge is -2.40. The van der Waals surface area contributed by atoms with Crippen LogP contribution in [0.2, 0.25) is 5.02 Å². The van der Waals surface area contributed by atoms with E-state index in [-0.39, 0.29) is 9.92 Å². The first-order chi connectivity index (χ1) is 9.98. The molecule has 1 aliphatic carbocycles. The van der Waals surface area contributed by atoms with Crippen molar-refractivity contribution in [2.45, 2.75) is 37.0 Å². The third-order valence-corrected chi connectivity index (χ3v) is 6.93. The third-order valence-electron chi connectivity index (χ3n) is 4.78. The molecule has 1 aliphatic heterocycles. The molecule has 6 heteroatoms. The summed E-state index contributed by atoms with van der Waals surface area (Å²) in [7, 11) is -3.57. The summed E-state index contributed by atoms with van der Waals surface area (Å²) in [6.07, 6.45) is 5.72. The van der Waals surface area contributed by atoms with Crippen LogP contribution in [0.1, 0.15) is 32.1 Å². The third kappa shape index (κ3) is 2.96. The average Bonchev–Trinajstić information content (AvgIpc) is 2.49. The first-order valence-corrected chi connectivity index (χ1v) is 9.25. The fourth-order valence-corrected chi connectivity index (χ4v) is 5.36. The molecule has 1 saturated carbocycles. The molecule has 0 radical (unpaired) electrons. The molecule has 21 heavy (non-hydrogen) atoms. The van der Waals surface area contributed by atoms with E-state index in [0.717, 1.165) is 18.9 Å². The second-order valence-corrected chi connectivity index (χ2v) is 8.38. The topological polar surface area (TPSA) is 37.4 Å². The Hall–Kier alpha value is -0.650. The molecule has 0 unspecified atom stereocenters. The number of rotatable bonds is 2. The normalized spacial score (nSPS) is 27.3. The number of benzene rings is 1. The lowest BCUT2D eigenvalue weighted by Crippen LogP contribution is -2.44. The Morgan fingerprint density at radius 3 is 2.57 bits per heavy atom. The van der Waals surface area contributed by atoms with Gasteiger partial charge in [-0.25, -0.2) is 12.8 Å². The molecular weight excluding hydrogens is 313 g/mol. The van der Waals surface area contributed by atoms with E-state index in [4.69, 9.17) is 11.6 Å². The van der Waals surface area contributed by atoms with Crippen molar-refractivity contribution < 1.29 is 12.8 Å². The molecule has 1 saturated heterocycles. The number of hydrogen-bond acceptors (Lipinski definition) is 2. The predicted octanol–water partition coefficient (Wildman–Crippen LogP) is 3.68. The van der Waals surface area contributed by atoms with Crippen molar-refractivity contribution in [1.29, 1.82) is 0 Å². The second-order valence-electron chi connectivity index (χ2n) is 6.03. The van der Waals surface area contributed by atoms with E-state index in [1.165, 1.54) is 31.4 Å². The smallest absolute Gasteiger partial charge is 0.207 e. The van der Waals surface area contributed by atoms with Gasteiger partial charge in [-0.3, -0.25) is 0 Å². The summed E-state index contributed by atoms with van der Waals surface area (Å²) in [5.74, 6) is 0.543. The fourth-order valence-electron chi connectivity index (χ4n) is 3.57. The van der Waals surface area contributed by atoms with Gasteiger partial charge in [0.2, 0.25) is 10.0 Å². The SMILES string of the molecule is O=S(=O)(c1ccc(F)c(Cl)c1)N1CC[C@H]2CCCC[C@@H]2C1. The summed E-state index contributed by atoms with van der Waals surface area (Å²) in [6, 6.07) is 3.62. The molecule has 0 spiro atoms. The van der Waals surface area contributed by atoms with E-state index in [9.17, 15) is 12.8 Å². The first kappa shape index (κ1) is 15.3. The van der Waals surface area contributed by atoms with Crippen LogP contribution in [0.3, 0.4) is 0 Å². The van der Waals surface area contributed by atoms with Gasteiger partial charge in [0.05, 0.1) is 9.92 Å². The molecule has 116 valence electrons. The minimum absolute atomic E-state index is 0.0863. The summed E-state index contributed by atoms with van der Waals surface area (Å²) >= 11 is 5.71. The molecule has 2 aliphatic rings. The molecule has 2 fully saturated rings. The van der Waals surface area contributed by atoms with Gasteiger partial charge in [0.1, 0.15) is 5.82 Å². The molecule has 1 aromatic carbocycles. The van der Waals surface area contributed by atoms with Crippen LogP contribution in [0, 0.1) is 17.7 Å². The summed E-state index contributed by atoms with van der Waals surface area (Å²) in [5, 5.41) is -0.149. The Morgan fingerprint density at radius 2 is 1.86 bits per heavy atom. The maximum atomic E-state index is 13.2. The van der Waals surface area contributed by atoms with Gasteiger partial charge in [-0.1, -0.05) is 30.9 Å². The maximum absolute atomic E-state index is 13.2. The zero-order valence-electron chi connectivity index (χ0n) is 11.8. The molecule has 0 aromatic heterocycles. The molecular formula is C15H19ClFNO2S. The number of piperidine rings is 1. The number of halogens is 2. The lowest BCUT2D eigenvalue weighted by atomic mass is 9.76. The Kier molecular flexibility index (Phi) is 4.26. The zero-order valence-corrected chi connectivity index (χ0v) is 13.3. The molecule has 0 N–H and O–H groups in total. The molecule has 2 atom stereocenters. The Labute approximate surface area is 130 Å². The average molecular weight is 332 g/mol. The van der Waals surface area contributed by atoms with Crippen LogP contribution in [0.5, 0.6) is 0 Å². The number of sulfonamides is 1. The van der Waals surface area contributed by atoms with Crippen LogP contribution < -0.4 is 0 Å². The molecule has 3 nitrogen and oxygen atoms in total. The van der Waals surface area contributed by atoms with E-state index in [0.29, 0.717) is 24.9 Å². The van der Waals surface area contributed by atoms with Gasteiger partial charge in [0.25, 0.3) is 0 Å². The highest BCUT2D eigenvalue weighted by atomic mass is 35.5. The van der Waals surface area contributed by atoms with E-state index in [1.54, 1.807) is 4.31 Å². The van der Waals surface area contributed by atoms with Crippen molar-refractivity contribution in [2.75, 3.05) is 13.1 Å². The van der Waals surface area contributed by atoms with Crippen LogP contribution in [0.4, 0.5) is 4.39 Å². The molecule has 3 rings (SSSR count). The first-order valence-electron chi connectivity index (χ1n) is 7.43. The van der Waals surface area contributed by atoms with Crippen molar-refractivity contribution in [3.8, 4) is 0 Å². The summed E-state index contributed by atoms with van der Waals surface area (Å²) < 4.78 is 40.1. The van der Waals surface area contributed by atoms with Crippen molar-refractivity contribution in [3.63, 3.8) is 0 Å². The van der Waals surface area contributed by atoms with Gasteiger partial charge in [0.15, 0.2) is 0 Å². The quantitative estimate of drug-likeness (QED) is 0.829. The predicted molar refractivity (Wildman–Crippen MR) is 80.2 cm³/mol. The van der Waals surface area contributed by atoms with Crippen LogP contribution >= 0.6 is 11.6 Å². The molecule has 1 aromatic rings. The van der Waals surface area contributed by atoms with Crippen molar-refractivity contribution in [1.82, 2.24) is 4.31 Å². The van der Waals surface area contributed by atoms with Gasteiger partial charge in [-0.05, 0) is 42.9 Å². The van der Waals surface area contributed by atoms with Crippen LogP contribution in [-0.2, 0) is 10.0 Å². The van der Waals surface area contributed by atoms with Gasteiger partial charge in [0, 0.05) is 13.1 Å². The highest BCUT2D eigenvalue weighted by molar-refractivity contribution is 7.89. The number of fused-ring (bicyclic) bond motifs is 1. The second kappa shape index (κ2) is 5.86. The van der Waals surface area contributed by atoms with E-state index in [2.05, 4.69) is 0 Å². The Bertz CT molecular complexity index is 635. The maximum Gasteiger partial charge on any atom is 0.243 e. The zero-order chi connectivity index (χ0) is 15.0. The summed E-state index contributed by atoms with van der Waals surface area (Å²) in [6.45, 7) is 1.14. The standard InChI is InChI=1S/C15H19ClFNO2S/c16-14-9-13(5-6-15(14)17)21(19,20)18-8-7-11-3-1-2-4-12(11)10-18/h5-6,9,11-12H,1-4,7-8,10H2/t11-,12-/m1/s1. The number of hydrogen-bond donors (Lipinski definition) is 0. The minimum atomic E-state index is -3.57.